The van der Waals surface area contributed by atoms with Crippen LogP contribution < -0.4 is 9.47 Å². The summed E-state index contributed by atoms with van der Waals surface area (Å²) in [6, 6.07) is 5.42. The summed E-state index contributed by atoms with van der Waals surface area (Å²) >= 11 is 6.56. The lowest BCUT2D eigenvalue weighted by molar-refractivity contribution is -0.136. The van der Waals surface area contributed by atoms with Gasteiger partial charge in [-0.05, 0) is 42.5 Å². The van der Waals surface area contributed by atoms with Crippen LogP contribution in [0.5, 0.6) is 11.5 Å². The van der Waals surface area contributed by atoms with Gasteiger partial charge in [0.05, 0.1) is 19.1 Å². The maximum absolute atomic E-state index is 12.8. The molecule has 6 nitrogen and oxygen atoms in total. The highest BCUT2D eigenvalue weighted by Crippen LogP contribution is 2.34. The lowest BCUT2D eigenvalue weighted by atomic mass is 9.99. The molecule has 150 valence electrons. The van der Waals surface area contributed by atoms with E-state index >= 15 is 0 Å². The van der Waals surface area contributed by atoms with Gasteiger partial charge in [0.2, 0.25) is 5.91 Å². The van der Waals surface area contributed by atoms with Crippen molar-refractivity contribution in [1.29, 1.82) is 0 Å². The summed E-state index contributed by atoms with van der Waals surface area (Å²) < 4.78 is 11.0. The van der Waals surface area contributed by atoms with E-state index in [4.69, 9.17) is 21.7 Å². The van der Waals surface area contributed by atoms with Gasteiger partial charge in [-0.25, -0.2) is 0 Å². The van der Waals surface area contributed by atoms with Crippen LogP contribution in [0.3, 0.4) is 0 Å². The number of amides is 2. The number of nitrogens with zero attached hydrogens (tertiary/aromatic N) is 2. The molecule has 0 spiro atoms. The van der Waals surface area contributed by atoms with Crippen molar-refractivity contribution in [2.45, 2.75) is 19.8 Å². The normalized spacial score (nSPS) is 19.5. The Morgan fingerprint density at radius 3 is 2.57 bits per heavy atom. The van der Waals surface area contributed by atoms with Crippen LogP contribution in [0, 0.1) is 5.92 Å². The van der Waals surface area contributed by atoms with Gasteiger partial charge in [-0.1, -0.05) is 37.0 Å². The highest BCUT2D eigenvalue weighted by Gasteiger charge is 2.34. The third kappa shape index (κ3) is 4.50. The van der Waals surface area contributed by atoms with Crippen LogP contribution in [0.1, 0.15) is 25.3 Å². The molecule has 0 saturated carbocycles. The summed E-state index contributed by atoms with van der Waals surface area (Å²) in [7, 11) is 3.14. The Bertz CT molecular complexity index is 816. The Morgan fingerprint density at radius 2 is 1.93 bits per heavy atom. The Balaban J connectivity index is 1.71. The largest absolute Gasteiger partial charge is 0.493 e. The number of rotatable bonds is 5. The van der Waals surface area contributed by atoms with Crippen LogP contribution in [0.15, 0.2) is 23.1 Å². The first-order valence-electron chi connectivity index (χ1n) is 9.18. The van der Waals surface area contributed by atoms with Gasteiger partial charge in [0.1, 0.15) is 10.9 Å². The fourth-order valence-electron chi connectivity index (χ4n) is 3.22. The smallest absolute Gasteiger partial charge is 0.266 e. The standard InChI is InChI=1S/C20H24N2O4S2/c1-13-6-8-21(9-7-13)18(23)12-22-19(24)17(28-20(22)27)11-14-4-5-15(25-2)16(10-14)26-3/h4-5,10-11,13H,6-9,12H2,1-3H3/b17-11+. The summed E-state index contributed by atoms with van der Waals surface area (Å²) in [6.45, 7) is 3.69. The molecule has 0 aromatic heterocycles. The number of piperidine rings is 1. The number of thioether (sulfide) groups is 1. The van der Waals surface area contributed by atoms with Gasteiger partial charge in [0, 0.05) is 13.1 Å². The molecule has 0 bridgehead atoms. The zero-order valence-corrected chi connectivity index (χ0v) is 17.9. The van der Waals surface area contributed by atoms with Crippen molar-refractivity contribution in [2.24, 2.45) is 5.92 Å². The molecule has 28 heavy (non-hydrogen) atoms. The third-order valence-electron chi connectivity index (χ3n) is 5.01. The molecule has 2 heterocycles. The summed E-state index contributed by atoms with van der Waals surface area (Å²) in [5.41, 5.74) is 0.800. The van der Waals surface area contributed by atoms with E-state index in [0.29, 0.717) is 26.6 Å². The second kappa shape index (κ2) is 8.96. The Labute approximate surface area is 174 Å². The van der Waals surface area contributed by atoms with E-state index in [-0.39, 0.29) is 18.4 Å². The van der Waals surface area contributed by atoms with Crippen LogP contribution >= 0.6 is 24.0 Å². The van der Waals surface area contributed by atoms with E-state index in [9.17, 15) is 9.59 Å². The first-order chi connectivity index (χ1) is 13.4. The monoisotopic (exact) mass is 420 g/mol. The molecule has 0 atom stereocenters. The molecule has 0 radical (unpaired) electrons. The van der Waals surface area contributed by atoms with Crippen molar-refractivity contribution in [3.05, 3.63) is 28.7 Å². The van der Waals surface area contributed by atoms with Gasteiger partial charge in [0.25, 0.3) is 5.91 Å². The van der Waals surface area contributed by atoms with Gasteiger partial charge < -0.3 is 14.4 Å². The van der Waals surface area contributed by atoms with Crippen molar-refractivity contribution < 1.29 is 19.1 Å². The Kier molecular flexibility index (Phi) is 6.61. The predicted octanol–water partition coefficient (Wildman–Crippen LogP) is 3.16. The molecule has 2 fully saturated rings. The van der Waals surface area contributed by atoms with E-state index in [0.717, 1.165) is 31.5 Å². The van der Waals surface area contributed by atoms with Crippen molar-refractivity contribution >= 4 is 46.2 Å². The van der Waals surface area contributed by atoms with Crippen LogP contribution in [0.25, 0.3) is 6.08 Å². The zero-order chi connectivity index (χ0) is 20.3. The molecule has 1 aromatic rings. The van der Waals surface area contributed by atoms with Crippen molar-refractivity contribution in [3.8, 4) is 11.5 Å². The lowest BCUT2D eigenvalue weighted by Gasteiger charge is -2.31. The summed E-state index contributed by atoms with van der Waals surface area (Å²) in [6.07, 6.45) is 3.76. The van der Waals surface area contributed by atoms with E-state index in [2.05, 4.69) is 6.92 Å². The molecule has 2 saturated heterocycles. The van der Waals surface area contributed by atoms with Gasteiger partial charge in [-0.15, -0.1) is 0 Å². The van der Waals surface area contributed by atoms with Gasteiger partial charge in [0.15, 0.2) is 11.5 Å². The number of hydrogen-bond acceptors (Lipinski definition) is 6. The minimum Gasteiger partial charge on any atom is -0.493 e. The summed E-state index contributed by atoms with van der Waals surface area (Å²) in [5.74, 6) is 1.57. The molecule has 2 aliphatic rings. The maximum atomic E-state index is 12.8. The number of thiocarbonyl (C=S) groups is 1. The second-order valence-corrected chi connectivity index (χ2v) is 8.62. The molecule has 2 amide bonds. The number of carbonyl (C=O) groups is 2. The molecule has 8 heteroatoms. The topological polar surface area (TPSA) is 59.1 Å². The van der Waals surface area contributed by atoms with Crippen molar-refractivity contribution in [1.82, 2.24) is 9.80 Å². The molecule has 0 N–H and O–H groups in total. The number of likely N-dealkylation sites (tertiary alicyclic amines) is 1. The number of ether oxygens (including phenoxy) is 2. The predicted molar refractivity (Wildman–Crippen MR) is 114 cm³/mol. The Morgan fingerprint density at radius 1 is 1.25 bits per heavy atom. The average Bonchev–Trinajstić information content (AvgIpc) is 2.95. The molecule has 3 rings (SSSR count). The van der Waals surface area contributed by atoms with Crippen LogP contribution in [-0.4, -0.2) is 59.8 Å². The average molecular weight is 421 g/mol. The highest BCUT2D eigenvalue weighted by atomic mass is 32.2. The van der Waals surface area contributed by atoms with E-state index < -0.39 is 0 Å². The third-order valence-corrected chi connectivity index (χ3v) is 6.39. The van der Waals surface area contributed by atoms with Crippen LogP contribution in [0.4, 0.5) is 0 Å². The minimum absolute atomic E-state index is 0.00230. The van der Waals surface area contributed by atoms with Crippen molar-refractivity contribution in [3.63, 3.8) is 0 Å². The van der Waals surface area contributed by atoms with Gasteiger partial charge >= 0.3 is 0 Å². The minimum atomic E-state index is -0.233. The van der Waals surface area contributed by atoms with Crippen molar-refractivity contribution in [2.75, 3.05) is 33.9 Å². The first kappa shape index (κ1) is 20.7. The van der Waals surface area contributed by atoms with Gasteiger partial charge in [-0.2, -0.15) is 0 Å². The van der Waals surface area contributed by atoms with Gasteiger partial charge in [-0.3, -0.25) is 14.5 Å². The van der Waals surface area contributed by atoms with E-state index in [1.54, 1.807) is 32.4 Å². The molecule has 0 aliphatic carbocycles. The quantitative estimate of drug-likeness (QED) is 0.539. The fourth-order valence-corrected chi connectivity index (χ4v) is 4.48. The molecule has 0 unspecified atom stereocenters. The number of benzene rings is 1. The number of hydrogen-bond donors (Lipinski definition) is 0. The van der Waals surface area contributed by atoms with Crippen LogP contribution in [0.2, 0.25) is 0 Å². The SMILES string of the molecule is COc1ccc(/C=C2/SC(=S)N(CC(=O)N3CCC(C)CC3)C2=O)cc1OC. The molecular formula is C20H24N2O4S2. The summed E-state index contributed by atoms with van der Waals surface area (Å²) in [4.78, 5) is 29.1. The first-order valence-corrected chi connectivity index (χ1v) is 10.4. The number of carbonyl (C=O) groups excluding carboxylic acids is 2. The lowest BCUT2D eigenvalue weighted by Crippen LogP contribution is -2.45. The van der Waals surface area contributed by atoms with E-state index in [1.807, 2.05) is 11.0 Å². The fraction of sp³-hybridized carbons (Fsp3) is 0.450. The highest BCUT2D eigenvalue weighted by molar-refractivity contribution is 8.26. The number of methoxy groups -OCH3 is 2. The second-order valence-electron chi connectivity index (χ2n) is 6.95. The Hall–Kier alpha value is -2.06. The van der Waals surface area contributed by atoms with E-state index in [1.165, 1.54) is 16.7 Å². The molecule has 1 aromatic carbocycles. The zero-order valence-electron chi connectivity index (χ0n) is 16.3. The summed E-state index contributed by atoms with van der Waals surface area (Å²) in [5, 5.41) is 0. The van der Waals surface area contributed by atoms with Crippen LogP contribution in [-0.2, 0) is 9.59 Å². The molecular weight excluding hydrogens is 396 g/mol. The maximum Gasteiger partial charge on any atom is 0.266 e. The molecule has 2 aliphatic heterocycles.